The van der Waals surface area contributed by atoms with Crippen LogP contribution in [0.4, 0.5) is 52.7 Å². The number of alkyl halides is 14. The van der Waals surface area contributed by atoms with E-state index in [9.17, 15) is 62.9 Å². The first-order chi connectivity index (χ1) is 69.7. The minimum atomic E-state index is -4.39. The van der Waals surface area contributed by atoms with Crippen molar-refractivity contribution in [3.05, 3.63) is 389 Å². The summed E-state index contributed by atoms with van der Waals surface area (Å²) in [5.74, 6) is 5.71. The zero-order valence-corrected chi connectivity index (χ0v) is 85.8. The second-order valence-electron chi connectivity index (χ2n) is 37.2. The van der Waals surface area contributed by atoms with Gasteiger partial charge in [0, 0.05) is 81.9 Å². The number of likely N-dealkylation sites (tertiary alicyclic amines) is 1. The minimum Gasteiger partial charge on any atom is -0.504 e. The molecule has 17 rings (SSSR count). The van der Waals surface area contributed by atoms with E-state index < -0.39 is 64.9 Å². The van der Waals surface area contributed by atoms with Gasteiger partial charge in [-0.25, -0.2) is 0 Å². The average Bonchev–Trinajstić information content (AvgIpc) is 1.51. The van der Waals surface area contributed by atoms with E-state index in [0.29, 0.717) is 53.3 Å². The summed E-state index contributed by atoms with van der Waals surface area (Å²) in [7, 11) is 8.09. The third kappa shape index (κ3) is 30.2. The molecule has 0 amide bonds. The van der Waals surface area contributed by atoms with E-state index >= 15 is 0 Å². The maximum absolute atomic E-state index is 13.1. The Morgan fingerprint density at radius 1 is 0.462 bits per heavy atom. The fraction of sp³-hybridized carbons (Fsp3) is 0.350. The van der Waals surface area contributed by atoms with Crippen LogP contribution in [-0.2, 0) is 41.3 Å². The molecule has 28 heteroatoms. The topological polar surface area (TPSA) is 129 Å². The molecule has 2 heterocycles. The van der Waals surface area contributed by atoms with E-state index in [1.165, 1.54) is 88.4 Å². The lowest BCUT2D eigenvalue weighted by Gasteiger charge is -2.63. The first-order valence-corrected chi connectivity index (χ1v) is 53.2. The number of rotatable bonds is 39. The molecule has 145 heavy (non-hydrogen) atoms. The van der Waals surface area contributed by atoms with Crippen molar-refractivity contribution in [3.63, 3.8) is 0 Å². The zero-order valence-electron chi connectivity index (χ0n) is 81.7. The smallest absolute Gasteiger partial charge is 0.416 e. The predicted octanol–water partition coefficient (Wildman–Crippen LogP) is 26.7. The highest BCUT2D eigenvalue weighted by Crippen LogP contribution is 2.67. The van der Waals surface area contributed by atoms with E-state index in [0.717, 1.165) is 204 Å². The number of carbonyl (C=O) groups excluding carboxylic acids is 1. The second-order valence-corrected chi connectivity index (χ2v) is 42.0. The third-order valence-corrected chi connectivity index (χ3v) is 32.2. The Labute approximate surface area is 860 Å². The Bertz CT molecular complexity index is 5920. The summed E-state index contributed by atoms with van der Waals surface area (Å²) in [6, 6.07) is 94.8. The van der Waals surface area contributed by atoms with Gasteiger partial charge in [-0.1, -0.05) is 262 Å². The van der Waals surface area contributed by atoms with Crippen LogP contribution in [0.5, 0.6) is 34.5 Å². The minimum absolute atomic E-state index is 0.0611. The Kier molecular flexibility index (Phi) is 40.3. The van der Waals surface area contributed by atoms with Crippen molar-refractivity contribution in [3.8, 4) is 34.5 Å². The molecule has 12 aromatic rings. The molecule has 5 aliphatic rings. The van der Waals surface area contributed by atoms with Crippen LogP contribution >= 0.6 is 38.7 Å². The van der Waals surface area contributed by atoms with Gasteiger partial charge >= 0.3 is 24.7 Å². The number of nitrogens with one attached hydrogen (secondary N) is 1. The first-order valence-electron chi connectivity index (χ1n) is 49.1. The number of phenols is 1. The molecule has 8 atom stereocenters. The third-order valence-electron chi connectivity index (χ3n) is 27.2. The summed E-state index contributed by atoms with van der Waals surface area (Å²) in [6.07, 6.45) is -4.42. The summed E-state index contributed by atoms with van der Waals surface area (Å²) >= 11 is 6.31. The SMILES string of the molecule is CN(CC/C=C1/CC[C@@]2(O)[C@H]3Cc4ccc(O)c5c4[C@@]2(CCN3CC2CC2)C1O5)CCC(Oc1ccc(C(F)(F)F)cc1)c1ccccc1.CN(CCC=P(c1ccccc1)(c1ccccc1)c1ccccc1)CCC(Oc1ccc(C(F)(F)F)cc1)c1ccccc1.CN(CCCBr)CCC(Oc1ccc(C(F)(F)F)cc1)c1ccccc1.CNCCC(Oc1ccc(C(F)(F)F)cc1)c1ccccc1.O=CCBr. The number of aliphatic hydroxyl groups is 1. The lowest BCUT2D eigenvalue weighted by molar-refractivity contribution is -0.174. The van der Waals surface area contributed by atoms with Crippen LogP contribution in [0.25, 0.3) is 0 Å². The van der Waals surface area contributed by atoms with Crippen LogP contribution in [0.2, 0.25) is 0 Å². The molecule has 3 N–H and O–H groups in total. The molecular formula is C117H126Br2F12N5O8P. The predicted molar refractivity (Wildman–Crippen MR) is 561 cm³/mol. The molecule has 5 unspecified atom stereocenters. The second kappa shape index (κ2) is 52.6. The van der Waals surface area contributed by atoms with E-state index in [4.69, 9.17) is 28.5 Å². The fourth-order valence-electron chi connectivity index (χ4n) is 19.6. The molecule has 0 radical (unpaired) electrons. The number of halogens is 14. The van der Waals surface area contributed by atoms with Crippen molar-refractivity contribution in [2.75, 3.05) is 97.8 Å². The summed E-state index contributed by atoms with van der Waals surface area (Å²) < 4.78 is 185. The number of carbonyl (C=O) groups is 1. The lowest BCUT2D eigenvalue weighted by atomic mass is 9.48. The normalized spacial score (nSPS) is 18.0. The molecule has 2 bridgehead atoms. The number of phenolic OH excluding ortho intramolecular Hbond substituents is 1. The van der Waals surface area contributed by atoms with Gasteiger partial charge in [0.15, 0.2) is 11.5 Å². The molecule has 770 valence electrons. The number of aromatic hydroxyl groups is 1. The maximum atomic E-state index is 13.1. The number of hydrogen-bond donors (Lipinski definition) is 3. The fourth-order valence-corrected chi connectivity index (χ4v) is 23.8. The number of nitrogens with zero attached hydrogens (tertiary/aromatic N) is 4. The Morgan fingerprint density at radius 2 is 0.807 bits per heavy atom. The van der Waals surface area contributed by atoms with Crippen molar-refractivity contribution < 1.29 is 91.4 Å². The molecule has 12 aromatic carbocycles. The molecule has 3 aliphatic carbocycles. The van der Waals surface area contributed by atoms with Gasteiger partial charge < -0.3 is 58.7 Å². The number of aldehydes is 1. The van der Waals surface area contributed by atoms with Crippen LogP contribution in [0.15, 0.2) is 333 Å². The van der Waals surface area contributed by atoms with Gasteiger partial charge in [-0.2, -0.15) is 52.7 Å². The molecule has 13 nitrogen and oxygen atoms in total. The number of hydrogen-bond acceptors (Lipinski definition) is 13. The summed E-state index contributed by atoms with van der Waals surface area (Å²) in [6.45, 7) is 5.71. The Hall–Kier alpha value is -11.0. The quantitative estimate of drug-likeness (QED) is 0.0111. The molecular weight excluding hydrogens is 2020 g/mol. The van der Waals surface area contributed by atoms with E-state index in [1.807, 2.05) is 134 Å². The van der Waals surface area contributed by atoms with Crippen LogP contribution in [0, 0.1) is 5.92 Å². The number of ether oxygens (including phenoxy) is 5. The van der Waals surface area contributed by atoms with Crippen molar-refractivity contribution >= 4 is 66.7 Å². The highest BCUT2D eigenvalue weighted by atomic mass is 79.9. The highest BCUT2D eigenvalue weighted by molar-refractivity contribution is 9.09. The molecule has 1 spiro atoms. The van der Waals surface area contributed by atoms with E-state index in [2.05, 4.69) is 181 Å². The van der Waals surface area contributed by atoms with Gasteiger partial charge in [0.05, 0.1) is 38.6 Å². The van der Waals surface area contributed by atoms with Gasteiger partial charge in [-0.05, 0) is 271 Å². The number of benzene rings is 12. The number of piperidine rings is 1. The van der Waals surface area contributed by atoms with Crippen molar-refractivity contribution in [2.45, 2.75) is 156 Å². The Balaban J connectivity index is 0.000000168. The molecule has 2 saturated carbocycles. The van der Waals surface area contributed by atoms with Crippen LogP contribution < -0.4 is 44.9 Å². The summed E-state index contributed by atoms with van der Waals surface area (Å²) in [5.41, 5.74) is 3.28. The Morgan fingerprint density at radius 3 is 1.14 bits per heavy atom. The molecule has 3 fully saturated rings. The van der Waals surface area contributed by atoms with Crippen LogP contribution in [-0.4, -0.2) is 157 Å². The summed E-state index contributed by atoms with van der Waals surface area (Å²) in [5, 5.41) is 32.1. The molecule has 2 aliphatic heterocycles. The van der Waals surface area contributed by atoms with Crippen LogP contribution in [0.1, 0.15) is 157 Å². The van der Waals surface area contributed by atoms with Crippen molar-refractivity contribution in [1.82, 2.24) is 24.9 Å². The standard InChI is InChI=1S/C40H45F3N2O4.C38H37F3NOP.C20H23BrF3NO.C17H18F3NO.C2H3BrO/c1-44(22-18-33(27-6-3-2-4-7-27)48-31-14-12-30(13-15-31)40(41,42)43)21-5-8-28-17-19-39(47)34-24-29-11-16-32(46)36-35(29)38(39,37(28)49-36)20-23-45(34)25-26-9-10-26;1-42(29-27-37(31-15-6-2-7-16-31)43-33-25-23-32(24-26-33)38(39,40)41)28-14-30-44(34-17-8-3-9-18-34,35-19-10-4-11-20-35)36-21-12-5-13-22-36;1-25(14-5-13-21)15-12-19(16-6-3-2-4-7-16)26-18-10-8-17(9-11-18)20(22,23)24;1-21-12-11-16(13-5-3-2-4-6-13)22-15-9-7-14(8-10-15)17(18,19)20;3-1-2-4/h2-4,6-8,11-16,26,33-34,37,46-47H,5,9-10,17-25H2,1H3;2-13,15-26,30,37H,14,27-29H2,1H3;2-4,6-11,19H,5,12-15H2,1H3;2-10,16,21H,11-12H2,1H3;2H,1H2/b28-8-;;;;/t33?,34-,37?,38+,39-;;;;/m1..../s1. The van der Waals surface area contributed by atoms with Gasteiger partial charge in [0.25, 0.3) is 0 Å². The van der Waals surface area contributed by atoms with E-state index in [-0.39, 0.29) is 42.3 Å². The van der Waals surface area contributed by atoms with Crippen molar-refractivity contribution in [2.24, 2.45) is 5.92 Å². The first kappa shape index (κ1) is 111. The van der Waals surface area contributed by atoms with E-state index in [1.54, 1.807) is 6.07 Å². The lowest BCUT2D eigenvalue weighted by Crippen LogP contribution is -2.75. The van der Waals surface area contributed by atoms with Gasteiger partial charge in [-0.15, -0.1) is 0 Å². The largest absolute Gasteiger partial charge is 0.504 e. The highest BCUT2D eigenvalue weighted by Gasteiger charge is 2.72. The molecule has 1 saturated heterocycles. The van der Waals surface area contributed by atoms with Crippen molar-refractivity contribution in [1.29, 1.82) is 0 Å². The molecule has 0 aromatic heterocycles. The van der Waals surface area contributed by atoms with Gasteiger partial charge in [-0.3, -0.25) is 4.90 Å². The monoisotopic (exact) mass is 2150 g/mol. The van der Waals surface area contributed by atoms with Gasteiger partial charge in [0.2, 0.25) is 0 Å². The average molecular weight is 2150 g/mol. The van der Waals surface area contributed by atoms with Crippen LogP contribution in [0.3, 0.4) is 0 Å². The maximum Gasteiger partial charge on any atom is 0.416 e. The van der Waals surface area contributed by atoms with Gasteiger partial charge in [0.1, 0.15) is 59.8 Å². The zero-order chi connectivity index (χ0) is 103. The summed E-state index contributed by atoms with van der Waals surface area (Å²) in [4.78, 5) is 18.5.